The monoisotopic (exact) mass is 280 g/mol. The number of aliphatic hydroxyl groups excluding tert-OH is 1. The van der Waals surface area contributed by atoms with Crippen LogP contribution >= 0.6 is 11.8 Å². The molecule has 1 aliphatic rings. The third-order valence-corrected chi connectivity index (χ3v) is 3.64. The Morgan fingerprint density at radius 3 is 2.94 bits per heavy atom. The minimum Gasteiger partial charge on any atom is -0.382 e. The maximum absolute atomic E-state index is 12.2. The van der Waals surface area contributed by atoms with E-state index < -0.39 is 24.4 Å². The van der Waals surface area contributed by atoms with Crippen molar-refractivity contribution < 1.29 is 18.3 Å². The van der Waals surface area contributed by atoms with Crippen molar-refractivity contribution in [1.29, 1.82) is 0 Å². The summed E-state index contributed by atoms with van der Waals surface area (Å²) in [7, 11) is 0. The Balaban J connectivity index is 2.26. The zero-order valence-electron chi connectivity index (χ0n) is 9.28. The number of thioether (sulfide) groups is 1. The third-order valence-electron chi connectivity index (χ3n) is 2.63. The minimum atomic E-state index is -4.74. The number of fused-ring (bicyclic) bond motifs is 1. The Labute approximate surface area is 105 Å². The summed E-state index contributed by atoms with van der Waals surface area (Å²) < 4.78 is 37.3. The molecule has 0 saturated carbocycles. The summed E-state index contributed by atoms with van der Waals surface area (Å²) >= 11 is 1.65. The first-order chi connectivity index (χ1) is 8.38. The van der Waals surface area contributed by atoms with Gasteiger partial charge in [0.05, 0.1) is 12.2 Å². The molecule has 4 nitrogen and oxygen atoms in total. The van der Waals surface area contributed by atoms with E-state index >= 15 is 0 Å². The summed E-state index contributed by atoms with van der Waals surface area (Å²) in [4.78, 5) is 11.6. The van der Waals surface area contributed by atoms with Crippen LogP contribution in [0.15, 0.2) is 10.9 Å². The van der Waals surface area contributed by atoms with E-state index in [0.29, 0.717) is 22.5 Å². The van der Waals surface area contributed by atoms with Gasteiger partial charge in [-0.1, -0.05) is 0 Å². The van der Waals surface area contributed by atoms with Crippen LogP contribution in [-0.4, -0.2) is 32.9 Å². The molecule has 0 aromatic carbocycles. The van der Waals surface area contributed by atoms with Crippen LogP contribution in [0, 0.1) is 0 Å². The van der Waals surface area contributed by atoms with Gasteiger partial charge in [0.2, 0.25) is 0 Å². The molecule has 0 spiro atoms. The van der Waals surface area contributed by atoms with Gasteiger partial charge in [-0.15, -0.1) is 0 Å². The highest BCUT2D eigenvalue weighted by molar-refractivity contribution is 7.98. The van der Waals surface area contributed by atoms with Gasteiger partial charge >= 0.3 is 6.18 Å². The van der Waals surface area contributed by atoms with Crippen LogP contribution < -0.4 is 5.56 Å². The molecule has 2 rings (SSSR count). The number of aromatic nitrogens is 2. The lowest BCUT2D eigenvalue weighted by Crippen LogP contribution is -2.38. The van der Waals surface area contributed by atoms with Crippen LogP contribution in [0.1, 0.15) is 11.3 Å². The summed E-state index contributed by atoms with van der Waals surface area (Å²) in [5.41, 5.74) is 0.802. The van der Waals surface area contributed by atoms with Gasteiger partial charge in [0.25, 0.3) is 5.56 Å². The molecule has 1 aliphatic heterocycles. The van der Waals surface area contributed by atoms with E-state index in [2.05, 4.69) is 5.10 Å². The van der Waals surface area contributed by atoms with Crippen LogP contribution in [0.5, 0.6) is 0 Å². The number of hydrogen-bond acceptors (Lipinski definition) is 4. The minimum absolute atomic E-state index is 0.612. The highest BCUT2D eigenvalue weighted by atomic mass is 32.2. The van der Waals surface area contributed by atoms with Crippen LogP contribution in [0.2, 0.25) is 0 Å². The number of nitrogens with zero attached hydrogens (tertiary/aromatic N) is 2. The number of alkyl halides is 3. The Bertz CT molecular complexity index is 501. The van der Waals surface area contributed by atoms with Gasteiger partial charge in [-0.3, -0.25) is 4.79 Å². The zero-order chi connectivity index (χ0) is 13.3. The number of aliphatic hydroxyl groups is 1. The average Bonchev–Trinajstić information content (AvgIpc) is 2.28. The first-order valence-electron chi connectivity index (χ1n) is 5.30. The van der Waals surface area contributed by atoms with Crippen molar-refractivity contribution in [3.05, 3.63) is 27.7 Å². The Kier molecular flexibility index (Phi) is 3.67. The molecule has 8 heteroatoms. The van der Waals surface area contributed by atoms with E-state index in [9.17, 15) is 18.0 Å². The van der Waals surface area contributed by atoms with Crippen LogP contribution in [0.4, 0.5) is 13.2 Å². The Morgan fingerprint density at radius 1 is 1.56 bits per heavy atom. The van der Waals surface area contributed by atoms with Crippen molar-refractivity contribution >= 4 is 11.8 Å². The molecule has 0 fully saturated rings. The highest BCUT2D eigenvalue weighted by Crippen LogP contribution is 2.23. The number of aryl methyl sites for hydroxylation is 1. The highest BCUT2D eigenvalue weighted by Gasteiger charge is 2.38. The third kappa shape index (κ3) is 2.86. The molecule has 1 N–H and O–H groups in total. The standard InChI is InChI=1S/C10H11F3N2O2S/c11-10(12,13)8(16)4-15-9(17)3-6-5-18-2-1-7(6)14-15/h3,8,16H,1-2,4-5H2. The first kappa shape index (κ1) is 13.4. The van der Waals surface area contributed by atoms with Crippen molar-refractivity contribution in [3.8, 4) is 0 Å². The number of rotatable bonds is 2. The van der Waals surface area contributed by atoms with Gasteiger partial charge < -0.3 is 5.11 Å². The molecule has 1 aromatic heterocycles. The topological polar surface area (TPSA) is 55.1 Å². The van der Waals surface area contributed by atoms with E-state index in [1.54, 1.807) is 11.8 Å². The summed E-state index contributed by atoms with van der Waals surface area (Å²) in [5.74, 6) is 1.49. The normalized spacial score (nSPS) is 17.3. The largest absolute Gasteiger partial charge is 0.416 e. The molecule has 1 unspecified atom stereocenters. The Morgan fingerprint density at radius 2 is 2.28 bits per heavy atom. The lowest BCUT2D eigenvalue weighted by molar-refractivity contribution is -0.208. The summed E-state index contributed by atoms with van der Waals surface area (Å²) in [6.45, 7) is -0.858. The van der Waals surface area contributed by atoms with Crippen LogP contribution in [-0.2, 0) is 18.7 Å². The second-order valence-corrected chi connectivity index (χ2v) is 5.10. The van der Waals surface area contributed by atoms with E-state index in [-0.39, 0.29) is 0 Å². The zero-order valence-corrected chi connectivity index (χ0v) is 10.1. The SMILES string of the molecule is O=c1cc2c(nn1CC(O)C(F)(F)F)CCSC2. The predicted octanol–water partition coefficient (Wildman–Crippen LogP) is 0.956. The van der Waals surface area contributed by atoms with Crippen molar-refractivity contribution in [2.75, 3.05) is 5.75 Å². The Hall–Kier alpha value is -1.02. The van der Waals surface area contributed by atoms with E-state index in [4.69, 9.17) is 5.11 Å². The number of hydrogen-bond donors (Lipinski definition) is 1. The van der Waals surface area contributed by atoms with Crippen LogP contribution in [0.25, 0.3) is 0 Å². The second-order valence-electron chi connectivity index (χ2n) is 4.00. The van der Waals surface area contributed by atoms with Crippen molar-refractivity contribution in [2.45, 2.75) is 31.0 Å². The molecular weight excluding hydrogens is 269 g/mol. The second kappa shape index (κ2) is 4.93. The van der Waals surface area contributed by atoms with Crippen molar-refractivity contribution in [3.63, 3.8) is 0 Å². The lowest BCUT2D eigenvalue weighted by atomic mass is 10.2. The van der Waals surface area contributed by atoms with Gasteiger partial charge in [0.1, 0.15) is 0 Å². The van der Waals surface area contributed by atoms with Gasteiger partial charge in [-0.05, 0) is 11.3 Å². The quantitative estimate of drug-likeness (QED) is 0.876. The summed E-state index contributed by atoms with van der Waals surface area (Å²) in [6.07, 6.45) is -6.69. The molecule has 0 saturated heterocycles. The van der Waals surface area contributed by atoms with Gasteiger partial charge in [0, 0.05) is 18.2 Å². The fraction of sp³-hybridized carbons (Fsp3) is 0.600. The molecule has 0 aliphatic carbocycles. The van der Waals surface area contributed by atoms with Crippen molar-refractivity contribution in [2.24, 2.45) is 0 Å². The number of halogens is 3. The summed E-state index contributed by atoms with van der Waals surface area (Å²) in [6, 6.07) is 1.30. The molecule has 1 atom stereocenters. The molecular formula is C10H11F3N2O2S. The maximum atomic E-state index is 12.2. The van der Waals surface area contributed by atoms with E-state index in [1.165, 1.54) is 6.07 Å². The predicted molar refractivity (Wildman–Crippen MR) is 60.4 cm³/mol. The summed E-state index contributed by atoms with van der Waals surface area (Å²) in [5, 5.41) is 12.8. The molecule has 0 bridgehead atoms. The van der Waals surface area contributed by atoms with E-state index in [1.807, 2.05) is 0 Å². The average molecular weight is 280 g/mol. The lowest BCUT2D eigenvalue weighted by Gasteiger charge is -2.18. The molecule has 0 radical (unpaired) electrons. The first-order valence-corrected chi connectivity index (χ1v) is 6.46. The van der Waals surface area contributed by atoms with Gasteiger partial charge in [-0.25, -0.2) is 4.68 Å². The van der Waals surface area contributed by atoms with Crippen LogP contribution in [0.3, 0.4) is 0 Å². The fourth-order valence-electron chi connectivity index (χ4n) is 1.65. The van der Waals surface area contributed by atoms with Gasteiger partial charge in [-0.2, -0.15) is 30.0 Å². The molecule has 0 amide bonds. The molecule has 100 valence electrons. The van der Waals surface area contributed by atoms with E-state index in [0.717, 1.165) is 11.3 Å². The van der Waals surface area contributed by atoms with Crippen molar-refractivity contribution in [1.82, 2.24) is 9.78 Å². The molecule has 2 heterocycles. The smallest absolute Gasteiger partial charge is 0.382 e. The molecule has 1 aromatic rings. The maximum Gasteiger partial charge on any atom is 0.416 e. The molecule has 18 heavy (non-hydrogen) atoms. The van der Waals surface area contributed by atoms with Gasteiger partial charge in [0.15, 0.2) is 6.10 Å². The fourth-order valence-corrected chi connectivity index (χ4v) is 2.60.